The average molecular weight is 336 g/mol. The zero-order chi connectivity index (χ0) is 14.4. The quantitative estimate of drug-likeness (QED) is 0.803. The summed E-state index contributed by atoms with van der Waals surface area (Å²) < 4.78 is 5.49. The molecule has 1 aromatic carbocycles. The Morgan fingerprint density at radius 1 is 1.45 bits per heavy atom. The first-order valence-electron chi connectivity index (χ1n) is 6.69. The average Bonchev–Trinajstić information content (AvgIpc) is 2.91. The number of hydrogen-bond donors (Lipinski definition) is 2. The van der Waals surface area contributed by atoms with Crippen molar-refractivity contribution in [3.8, 4) is 5.75 Å². The molecule has 1 saturated heterocycles. The van der Waals surface area contributed by atoms with E-state index in [0.717, 1.165) is 12.5 Å². The summed E-state index contributed by atoms with van der Waals surface area (Å²) in [7, 11) is 0. The number of rotatable bonds is 7. The van der Waals surface area contributed by atoms with E-state index in [9.17, 15) is 5.11 Å². The fourth-order valence-electron chi connectivity index (χ4n) is 2.04. The van der Waals surface area contributed by atoms with E-state index >= 15 is 0 Å². The van der Waals surface area contributed by atoms with E-state index in [1.165, 1.54) is 17.9 Å². The standard InChI is InChI=1S/C14H19Cl2NO2S/c15-11-1-2-14(13(16)5-11)19-8-12(18)7-17-6-10-3-4-20-9-10/h1-2,5,10,12,17-18H,3-4,6-9H2. The molecular formula is C14H19Cl2NO2S. The first kappa shape index (κ1) is 16.2. The molecule has 3 nitrogen and oxygen atoms in total. The van der Waals surface area contributed by atoms with Crippen LogP contribution >= 0.6 is 35.0 Å². The van der Waals surface area contributed by atoms with Crippen molar-refractivity contribution >= 4 is 35.0 Å². The molecular weight excluding hydrogens is 317 g/mol. The Hall–Kier alpha value is -0.130. The van der Waals surface area contributed by atoms with E-state index in [4.69, 9.17) is 27.9 Å². The number of nitrogens with one attached hydrogen (secondary N) is 1. The zero-order valence-corrected chi connectivity index (χ0v) is 13.5. The van der Waals surface area contributed by atoms with Crippen molar-refractivity contribution in [2.24, 2.45) is 5.92 Å². The summed E-state index contributed by atoms with van der Waals surface area (Å²) in [6, 6.07) is 5.05. The molecule has 2 unspecified atom stereocenters. The molecule has 2 N–H and O–H groups in total. The number of aliphatic hydroxyl groups excluding tert-OH is 1. The van der Waals surface area contributed by atoms with E-state index in [2.05, 4.69) is 5.32 Å². The normalized spacial score (nSPS) is 20.1. The van der Waals surface area contributed by atoms with Crippen LogP contribution in [0.15, 0.2) is 18.2 Å². The minimum absolute atomic E-state index is 0.216. The summed E-state index contributed by atoms with van der Waals surface area (Å²) in [5.74, 6) is 3.76. The van der Waals surface area contributed by atoms with Crippen LogP contribution in [-0.2, 0) is 0 Å². The van der Waals surface area contributed by atoms with Gasteiger partial charge in [0, 0.05) is 11.6 Å². The summed E-state index contributed by atoms with van der Waals surface area (Å²) in [5, 5.41) is 14.2. The van der Waals surface area contributed by atoms with Crippen molar-refractivity contribution in [1.29, 1.82) is 0 Å². The third-order valence-electron chi connectivity index (χ3n) is 3.16. The molecule has 1 aromatic rings. The molecule has 0 radical (unpaired) electrons. The Morgan fingerprint density at radius 2 is 2.30 bits per heavy atom. The molecule has 0 spiro atoms. The number of ether oxygens (including phenoxy) is 1. The van der Waals surface area contributed by atoms with Crippen LogP contribution in [-0.4, -0.2) is 42.4 Å². The highest BCUT2D eigenvalue weighted by atomic mass is 35.5. The maximum atomic E-state index is 9.87. The highest BCUT2D eigenvalue weighted by molar-refractivity contribution is 7.99. The van der Waals surface area contributed by atoms with Gasteiger partial charge in [0.1, 0.15) is 18.5 Å². The van der Waals surface area contributed by atoms with Gasteiger partial charge in [-0.15, -0.1) is 0 Å². The topological polar surface area (TPSA) is 41.5 Å². The van der Waals surface area contributed by atoms with E-state index in [1.807, 2.05) is 11.8 Å². The largest absolute Gasteiger partial charge is 0.489 e. The van der Waals surface area contributed by atoms with Crippen molar-refractivity contribution in [3.05, 3.63) is 28.2 Å². The van der Waals surface area contributed by atoms with E-state index in [0.29, 0.717) is 22.3 Å². The maximum Gasteiger partial charge on any atom is 0.138 e. The predicted molar refractivity (Wildman–Crippen MR) is 86.3 cm³/mol. The van der Waals surface area contributed by atoms with Crippen molar-refractivity contribution in [2.45, 2.75) is 12.5 Å². The highest BCUT2D eigenvalue weighted by Gasteiger charge is 2.15. The summed E-state index contributed by atoms with van der Waals surface area (Å²) in [4.78, 5) is 0. The van der Waals surface area contributed by atoms with Gasteiger partial charge in [-0.2, -0.15) is 11.8 Å². The first-order chi connectivity index (χ1) is 9.65. The van der Waals surface area contributed by atoms with Crippen LogP contribution in [0.3, 0.4) is 0 Å². The molecule has 0 bridgehead atoms. The Bertz CT molecular complexity index is 428. The number of hydrogen-bond acceptors (Lipinski definition) is 4. The van der Waals surface area contributed by atoms with Crippen LogP contribution in [0.2, 0.25) is 10.0 Å². The molecule has 0 aliphatic carbocycles. The monoisotopic (exact) mass is 335 g/mol. The van der Waals surface area contributed by atoms with Crippen LogP contribution in [0.1, 0.15) is 6.42 Å². The Kier molecular flexibility index (Phi) is 6.78. The minimum atomic E-state index is -0.546. The second-order valence-electron chi connectivity index (χ2n) is 4.93. The molecule has 1 aliphatic rings. The third-order valence-corrected chi connectivity index (χ3v) is 4.92. The predicted octanol–water partition coefficient (Wildman–Crippen LogP) is 3.08. The summed E-state index contributed by atoms with van der Waals surface area (Å²) in [6.45, 7) is 1.71. The van der Waals surface area contributed by atoms with Gasteiger partial charge >= 0.3 is 0 Å². The van der Waals surface area contributed by atoms with Gasteiger partial charge in [0.2, 0.25) is 0 Å². The molecule has 2 rings (SSSR count). The van der Waals surface area contributed by atoms with Gasteiger partial charge in [0.05, 0.1) is 5.02 Å². The molecule has 0 saturated carbocycles. The lowest BCUT2D eigenvalue weighted by molar-refractivity contribution is 0.106. The van der Waals surface area contributed by atoms with Crippen LogP contribution in [0, 0.1) is 5.92 Å². The number of aliphatic hydroxyl groups is 1. The van der Waals surface area contributed by atoms with Crippen molar-refractivity contribution in [3.63, 3.8) is 0 Å². The second kappa shape index (κ2) is 8.35. The summed E-state index contributed by atoms with van der Waals surface area (Å²) >= 11 is 13.8. The lowest BCUT2D eigenvalue weighted by Crippen LogP contribution is -2.34. The Balaban J connectivity index is 1.65. The van der Waals surface area contributed by atoms with Crippen LogP contribution in [0.5, 0.6) is 5.75 Å². The molecule has 112 valence electrons. The zero-order valence-electron chi connectivity index (χ0n) is 11.1. The fourth-order valence-corrected chi connectivity index (χ4v) is 3.78. The SMILES string of the molecule is OC(CNCC1CCSC1)COc1ccc(Cl)cc1Cl. The molecule has 0 aromatic heterocycles. The minimum Gasteiger partial charge on any atom is -0.489 e. The van der Waals surface area contributed by atoms with Crippen LogP contribution in [0.4, 0.5) is 0 Å². The van der Waals surface area contributed by atoms with Crippen LogP contribution < -0.4 is 10.1 Å². The first-order valence-corrected chi connectivity index (χ1v) is 8.60. The van der Waals surface area contributed by atoms with Gasteiger partial charge in [-0.3, -0.25) is 0 Å². The van der Waals surface area contributed by atoms with E-state index in [-0.39, 0.29) is 6.61 Å². The van der Waals surface area contributed by atoms with Gasteiger partial charge in [-0.05, 0) is 48.6 Å². The summed E-state index contributed by atoms with van der Waals surface area (Å²) in [5.41, 5.74) is 0. The van der Waals surface area contributed by atoms with Gasteiger partial charge < -0.3 is 15.2 Å². The summed E-state index contributed by atoms with van der Waals surface area (Å²) in [6.07, 6.45) is 0.723. The Labute approximate surface area is 134 Å². The lowest BCUT2D eigenvalue weighted by atomic mass is 10.1. The van der Waals surface area contributed by atoms with Crippen molar-refractivity contribution < 1.29 is 9.84 Å². The molecule has 2 atom stereocenters. The fraction of sp³-hybridized carbons (Fsp3) is 0.571. The number of thioether (sulfide) groups is 1. The third kappa shape index (κ3) is 5.34. The highest BCUT2D eigenvalue weighted by Crippen LogP contribution is 2.27. The molecule has 1 heterocycles. The molecule has 20 heavy (non-hydrogen) atoms. The molecule has 6 heteroatoms. The molecule has 0 amide bonds. The second-order valence-corrected chi connectivity index (χ2v) is 6.92. The van der Waals surface area contributed by atoms with Crippen molar-refractivity contribution in [1.82, 2.24) is 5.32 Å². The molecule has 1 fully saturated rings. The van der Waals surface area contributed by atoms with E-state index < -0.39 is 6.10 Å². The Morgan fingerprint density at radius 3 is 3.00 bits per heavy atom. The van der Waals surface area contributed by atoms with E-state index in [1.54, 1.807) is 18.2 Å². The van der Waals surface area contributed by atoms with Gasteiger partial charge in [-0.1, -0.05) is 23.2 Å². The number of halogens is 2. The van der Waals surface area contributed by atoms with Gasteiger partial charge in [-0.25, -0.2) is 0 Å². The van der Waals surface area contributed by atoms with Gasteiger partial charge in [0.15, 0.2) is 0 Å². The maximum absolute atomic E-state index is 9.87. The van der Waals surface area contributed by atoms with Gasteiger partial charge in [0.25, 0.3) is 0 Å². The lowest BCUT2D eigenvalue weighted by Gasteiger charge is -2.15. The number of benzene rings is 1. The molecule has 1 aliphatic heterocycles. The smallest absolute Gasteiger partial charge is 0.138 e. The van der Waals surface area contributed by atoms with Crippen LogP contribution in [0.25, 0.3) is 0 Å². The van der Waals surface area contributed by atoms with Crippen molar-refractivity contribution in [2.75, 3.05) is 31.2 Å².